The largest absolute Gasteiger partial charge is 0.443 e. The van der Waals surface area contributed by atoms with Crippen LogP contribution in [0.1, 0.15) is 21.6 Å². The summed E-state index contributed by atoms with van der Waals surface area (Å²) in [6.07, 6.45) is -5.30. The van der Waals surface area contributed by atoms with Gasteiger partial charge in [0.1, 0.15) is 6.10 Å². The molecule has 0 bridgehead atoms. The molecule has 1 unspecified atom stereocenters. The molecule has 20 heavy (non-hydrogen) atoms. The minimum Gasteiger partial charge on any atom is -0.383 e. The first-order valence-electron chi connectivity index (χ1n) is 5.06. The zero-order valence-electron chi connectivity index (χ0n) is 9.38. The lowest BCUT2D eigenvalue weighted by atomic mass is 10.1. The predicted molar refractivity (Wildman–Crippen MR) is 65.2 cm³/mol. The van der Waals surface area contributed by atoms with Crippen LogP contribution in [0.2, 0.25) is 0 Å². The van der Waals surface area contributed by atoms with Crippen molar-refractivity contribution in [2.45, 2.75) is 12.3 Å². The van der Waals surface area contributed by atoms with Gasteiger partial charge < -0.3 is 5.11 Å². The number of benzene rings is 1. The lowest BCUT2D eigenvalue weighted by molar-refractivity contribution is -0.137. The summed E-state index contributed by atoms with van der Waals surface area (Å²) in [6, 6.07) is 1.87. The molecule has 0 spiro atoms. The van der Waals surface area contributed by atoms with Crippen LogP contribution in [0.15, 0.2) is 22.8 Å². The van der Waals surface area contributed by atoms with Crippen LogP contribution >= 0.6 is 27.3 Å². The molecule has 9 heteroatoms. The quantitative estimate of drug-likeness (QED) is 0.629. The van der Waals surface area contributed by atoms with Gasteiger partial charge in [-0.25, -0.2) is 13.8 Å². The van der Waals surface area contributed by atoms with E-state index in [2.05, 4.69) is 20.9 Å². The van der Waals surface area contributed by atoms with Gasteiger partial charge >= 0.3 is 6.18 Å². The van der Waals surface area contributed by atoms with Crippen LogP contribution in [0.25, 0.3) is 0 Å². The molecular formula is C11H5BrF5NOS. The van der Waals surface area contributed by atoms with Gasteiger partial charge in [-0.3, -0.25) is 0 Å². The summed E-state index contributed by atoms with van der Waals surface area (Å²) in [7, 11) is 0. The van der Waals surface area contributed by atoms with Crippen molar-refractivity contribution in [3.05, 3.63) is 49.9 Å². The monoisotopic (exact) mass is 373 g/mol. The number of hydrogen-bond donors (Lipinski definition) is 1. The van der Waals surface area contributed by atoms with E-state index in [0.717, 1.165) is 18.3 Å². The van der Waals surface area contributed by atoms with Gasteiger partial charge in [-0.1, -0.05) is 6.07 Å². The van der Waals surface area contributed by atoms with E-state index in [-0.39, 0.29) is 26.3 Å². The normalized spacial score (nSPS) is 13.6. The Morgan fingerprint density at radius 3 is 2.45 bits per heavy atom. The highest BCUT2D eigenvalue weighted by Gasteiger charge is 2.35. The molecule has 108 valence electrons. The number of hydrogen-bond acceptors (Lipinski definition) is 3. The number of aromatic nitrogens is 1. The van der Waals surface area contributed by atoms with Gasteiger partial charge in [0.2, 0.25) is 0 Å². The minimum absolute atomic E-state index is 0.0822. The number of rotatable bonds is 2. The van der Waals surface area contributed by atoms with Gasteiger partial charge in [0.15, 0.2) is 16.6 Å². The smallest absolute Gasteiger partial charge is 0.383 e. The maximum atomic E-state index is 13.3. The number of nitrogens with zero attached hydrogens (tertiary/aromatic N) is 1. The van der Waals surface area contributed by atoms with Crippen molar-refractivity contribution in [3.8, 4) is 0 Å². The van der Waals surface area contributed by atoms with Crippen LogP contribution in [-0.2, 0) is 6.18 Å². The molecule has 0 radical (unpaired) electrons. The van der Waals surface area contributed by atoms with E-state index in [1.807, 2.05) is 0 Å². The number of alkyl halides is 3. The molecule has 2 nitrogen and oxygen atoms in total. The van der Waals surface area contributed by atoms with E-state index in [1.165, 1.54) is 0 Å². The SMILES string of the molecule is OC(c1cnc(C(F)(F)F)s1)c1ccc(F)c(F)c1Br. The average Bonchev–Trinajstić information content (AvgIpc) is 2.85. The molecule has 0 aliphatic heterocycles. The lowest BCUT2D eigenvalue weighted by Gasteiger charge is -2.11. The zero-order valence-corrected chi connectivity index (χ0v) is 11.8. The Kier molecular flexibility index (Phi) is 4.12. The fourth-order valence-corrected chi connectivity index (χ4v) is 2.78. The second-order valence-corrected chi connectivity index (χ2v) is 5.59. The van der Waals surface area contributed by atoms with E-state index in [4.69, 9.17) is 0 Å². The van der Waals surface area contributed by atoms with E-state index < -0.39 is 28.9 Å². The van der Waals surface area contributed by atoms with Gasteiger partial charge in [-0.2, -0.15) is 13.2 Å². The Balaban J connectivity index is 2.39. The molecule has 2 aromatic rings. The van der Waals surface area contributed by atoms with Crippen LogP contribution in [0.5, 0.6) is 0 Å². The van der Waals surface area contributed by atoms with Gasteiger partial charge in [0.25, 0.3) is 0 Å². The Morgan fingerprint density at radius 1 is 1.25 bits per heavy atom. The molecule has 0 aliphatic rings. The van der Waals surface area contributed by atoms with E-state index in [9.17, 15) is 27.1 Å². The second kappa shape index (κ2) is 5.38. The summed E-state index contributed by atoms with van der Waals surface area (Å²) in [6.45, 7) is 0. The molecule has 0 amide bonds. The summed E-state index contributed by atoms with van der Waals surface area (Å²) < 4.78 is 63.2. The zero-order chi connectivity index (χ0) is 15.1. The van der Waals surface area contributed by atoms with Gasteiger partial charge in [-0.05, 0) is 22.0 Å². The molecule has 0 saturated carbocycles. The maximum absolute atomic E-state index is 13.3. The van der Waals surface area contributed by atoms with Crippen molar-refractivity contribution in [1.82, 2.24) is 4.98 Å². The molecule has 1 heterocycles. The number of aliphatic hydroxyl groups is 1. The van der Waals surface area contributed by atoms with Gasteiger partial charge in [0, 0.05) is 11.8 Å². The topological polar surface area (TPSA) is 33.1 Å². The van der Waals surface area contributed by atoms with Crippen molar-refractivity contribution in [3.63, 3.8) is 0 Å². The summed E-state index contributed by atoms with van der Waals surface area (Å²) in [5.41, 5.74) is -0.0822. The first-order chi connectivity index (χ1) is 9.21. The number of halogens is 6. The van der Waals surface area contributed by atoms with E-state index in [0.29, 0.717) is 0 Å². The van der Waals surface area contributed by atoms with Crippen LogP contribution < -0.4 is 0 Å². The van der Waals surface area contributed by atoms with Crippen molar-refractivity contribution in [2.75, 3.05) is 0 Å². The summed E-state index contributed by atoms with van der Waals surface area (Å²) in [5.74, 6) is -2.35. The molecule has 0 aliphatic carbocycles. The highest BCUT2D eigenvalue weighted by Crippen LogP contribution is 2.38. The third-order valence-electron chi connectivity index (χ3n) is 2.40. The van der Waals surface area contributed by atoms with Crippen LogP contribution in [0.3, 0.4) is 0 Å². The Bertz CT molecular complexity index is 642. The number of thiazole rings is 1. The number of aliphatic hydroxyl groups excluding tert-OH is 1. The highest BCUT2D eigenvalue weighted by molar-refractivity contribution is 9.10. The first-order valence-corrected chi connectivity index (χ1v) is 6.67. The minimum atomic E-state index is -4.62. The molecule has 0 saturated heterocycles. The molecular weight excluding hydrogens is 369 g/mol. The lowest BCUT2D eigenvalue weighted by Crippen LogP contribution is -2.03. The summed E-state index contributed by atoms with van der Waals surface area (Å²) in [5, 5.41) is 8.83. The molecule has 1 aromatic carbocycles. The van der Waals surface area contributed by atoms with E-state index in [1.54, 1.807) is 0 Å². The Morgan fingerprint density at radius 2 is 1.90 bits per heavy atom. The van der Waals surface area contributed by atoms with Crippen molar-refractivity contribution in [1.29, 1.82) is 0 Å². The first kappa shape index (κ1) is 15.3. The Hall–Kier alpha value is -1.06. The van der Waals surface area contributed by atoms with Gasteiger partial charge in [-0.15, -0.1) is 11.3 Å². The fourth-order valence-electron chi connectivity index (χ4n) is 1.45. The van der Waals surface area contributed by atoms with Crippen LogP contribution in [-0.4, -0.2) is 10.1 Å². The average molecular weight is 374 g/mol. The van der Waals surface area contributed by atoms with Crippen molar-refractivity contribution in [2.24, 2.45) is 0 Å². The predicted octanol–water partition coefficient (Wildman–Crippen LogP) is 4.28. The standard InChI is InChI=1S/C11H5BrF5NOS/c12-7-4(1-2-5(13)8(7)14)9(19)6-3-18-10(20-6)11(15,16)17/h1-3,9,19H. The summed E-state index contributed by atoms with van der Waals surface area (Å²) in [4.78, 5) is 3.03. The molecule has 1 N–H and O–H groups in total. The molecule has 0 fully saturated rings. The second-order valence-electron chi connectivity index (χ2n) is 3.73. The Labute approximate surface area is 122 Å². The fraction of sp³-hybridized carbons (Fsp3) is 0.182. The van der Waals surface area contributed by atoms with Crippen molar-refractivity contribution >= 4 is 27.3 Å². The van der Waals surface area contributed by atoms with Crippen molar-refractivity contribution < 1.29 is 27.1 Å². The highest BCUT2D eigenvalue weighted by atomic mass is 79.9. The summed E-state index contributed by atoms with van der Waals surface area (Å²) >= 11 is 3.00. The molecule has 1 aromatic heterocycles. The third kappa shape index (κ3) is 2.84. The third-order valence-corrected chi connectivity index (χ3v) is 4.30. The molecule has 2 rings (SSSR count). The van der Waals surface area contributed by atoms with Gasteiger partial charge in [0.05, 0.1) is 9.35 Å². The van der Waals surface area contributed by atoms with Crippen LogP contribution in [0.4, 0.5) is 22.0 Å². The molecule has 1 atom stereocenters. The maximum Gasteiger partial charge on any atom is 0.443 e. The van der Waals surface area contributed by atoms with Crippen LogP contribution in [0, 0.1) is 11.6 Å². The van der Waals surface area contributed by atoms with E-state index >= 15 is 0 Å².